The molecule has 0 saturated carbocycles. The van der Waals surface area contributed by atoms with Gasteiger partial charge in [-0.15, -0.1) is 0 Å². The normalized spacial score (nSPS) is 12.4. The van der Waals surface area contributed by atoms with E-state index in [0.717, 1.165) is 0 Å². The lowest BCUT2D eigenvalue weighted by atomic mass is 10.1. The number of rotatable bonds is 4. The number of aliphatic hydroxyl groups excluding tert-OH is 1. The average molecular weight is 297 g/mol. The molecule has 1 aromatic rings. The van der Waals surface area contributed by atoms with Gasteiger partial charge in [-0.3, -0.25) is 5.32 Å². The van der Waals surface area contributed by atoms with E-state index in [1.165, 1.54) is 25.3 Å². The summed E-state index contributed by atoms with van der Waals surface area (Å²) in [5, 5.41) is 21.0. The Kier molecular flexibility index (Phi) is 5.15. The van der Waals surface area contributed by atoms with Crippen molar-refractivity contribution in [2.24, 2.45) is 0 Å². The molecule has 0 aliphatic heterocycles. The molecule has 0 heterocycles. The minimum Gasteiger partial charge on any atom is -0.496 e. The van der Waals surface area contributed by atoms with Crippen molar-refractivity contribution < 1.29 is 29.3 Å². The van der Waals surface area contributed by atoms with Crippen LogP contribution < -0.4 is 10.1 Å². The van der Waals surface area contributed by atoms with Gasteiger partial charge in [0.05, 0.1) is 7.11 Å². The first-order valence-electron chi connectivity index (χ1n) is 6.23. The number of ether oxygens (including phenoxy) is 2. The van der Waals surface area contributed by atoms with Gasteiger partial charge in [-0.2, -0.15) is 0 Å². The number of hydrogen-bond acceptors (Lipinski definition) is 5. The number of benzene rings is 1. The maximum atomic E-state index is 11.7. The molecule has 0 saturated heterocycles. The van der Waals surface area contributed by atoms with Crippen LogP contribution in [0.3, 0.4) is 0 Å². The summed E-state index contributed by atoms with van der Waals surface area (Å²) >= 11 is 0. The van der Waals surface area contributed by atoms with E-state index in [-0.39, 0.29) is 11.3 Å². The Morgan fingerprint density at radius 3 is 2.38 bits per heavy atom. The lowest BCUT2D eigenvalue weighted by molar-refractivity contribution is -0.147. The van der Waals surface area contributed by atoms with Gasteiger partial charge in [0.2, 0.25) is 0 Å². The van der Waals surface area contributed by atoms with Gasteiger partial charge in [-0.05, 0) is 39.0 Å². The van der Waals surface area contributed by atoms with Crippen molar-refractivity contribution >= 4 is 17.7 Å². The minimum atomic E-state index is -1.75. The van der Waals surface area contributed by atoms with Crippen LogP contribution in [0.2, 0.25) is 0 Å². The van der Waals surface area contributed by atoms with Gasteiger partial charge < -0.3 is 19.7 Å². The van der Waals surface area contributed by atoms with Crippen LogP contribution in [-0.2, 0) is 9.53 Å². The van der Waals surface area contributed by atoms with Gasteiger partial charge in [0.15, 0.2) is 6.10 Å². The fourth-order valence-electron chi connectivity index (χ4n) is 1.58. The fourth-order valence-corrected chi connectivity index (χ4v) is 1.58. The second-order valence-corrected chi connectivity index (χ2v) is 5.32. The highest BCUT2D eigenvalue weighted by Crippen LogP contribution is 2.28. The Morgan fingerprint density at radius 1 is 1.29 bits per heavy atom. The molecule has 1 unspecified atom stereocenters. The Morgan fingerprint density at radius 2 is 1.90 bits per heavy atom. The summed E-state index contributed by atoms with van der Waals surface area (Å²) in [6, 6.07) is 4.29. The lowest BCUT2D eigenvalue weighted by Crippen LogP contribution is -2.27. The maximum absolute atomic E-state index is 11.7. The van der Waals surface area contributed by atoms with Crippen molar-refractivity contribution in [1.29, 1.82) is 0 Å². The van der Waals surface area contributed by atoms with Gasteiger partial charge in [-0.25, -0.2) is 9.59 Å². The Labute approximate surface area is 122 Å². The van der Waals surface area contributed by atoms with E-state index in [1.807, 2.05) is 0 Å². The maximum Gasteiger partial charge on any atom is 0.412 e. The van der Waals surface area contributed by atoms with Crippen LogP contribution in [0.15, 0.2) is 18.2 Å². The number of carbonyl (C=O) groups is 2. The third-order valence-corrected chi connectivity index (χ3v) is 2.40. The Bertz CT molecular complexity index is 535. The smallest absolute Gasteiger partial charge is 0.412 e. The molecule has 0 aliphatic carbocycles. The highest BCUT2D eigenvalue weighted by Gasteiger charge is 2.22. The predicted molar refractivity (Wildman–Crippen MR) is 75.4 cm³/mol. The minimum absolute atomic E-state index is 0.0403. The fraction of sp³-hybridized carbons (Fsp3) is 0.429. The first-order valence-corrected chi connectivity index (χ1v) is 6.23. The van der Waals surface area contributed by atoms with Crippen molar-refractivity contribution in [3.63, 3.8) is 0 Å². The van der Waals surface area contributed by atoms with Gasteiger partial charge in [-0.1, -0.05) is 0 Å². The highest BCUT2D eigenvalue weighted by molar-refractivity contribution is 5.85. The molecule has 0 bridgehead atoms. The number of amides is 1. The van der Waals surface area contributed by atoms with Crippen LogP contribution >= 0.6 is 0 Å². The number of hydrogen-bond donors (Lipinski definition) is 3. The summed E-state index contributed by atoms with van der Waals surface area (Å²) in [7, 11) is 1.36. The van der Waals surface area contributed by atoms with Gasteiger partial charge in [0, 0.05) is 11.3 Å². The zero-order valence-corrected chi connectivity index (χ0v) is 12.3. The van der Waals surface area contributed by atoms with Crippen LogP contribution in [0.1, 0.15) is 32.4 Å². The van der Waals surface area contributed by atoms with E-state index in [9.17, 15) is 14.7 Å². The lowest BCUT2D eigenvalue weighted by Gasteiger charge is -2.20. The molecule has 116 valence electrons. The number of carboxylic acid groups (broad SMARTS) is 1. The molecule has 1 amide bonds. The Balaban J connectivity index is 2.98. The van der Waals surface area contributed by atoms with Crippen LogP contribution in [0.25, 0.3) is 0 Å². The molecule has 0 aromatic heterocycles. The first kappa shape index (κ1) is 16.8. The summed E-state index contributed by atoms with van der Waals surface area (Å²) in [4.78, 5) is 22.5. The molecular weight excluding hydrogens is 278 g/mol. The summed E-state index contributed by atoms with van der Waals surface area (Å²) in [5.41, 5.74) is -0.320. The van der Waals surface area contributed by atoms with E-state index in [2.05, 4.69) is 5.32 Å². The van der Waals surface area contributed by atoms with E-state index in [4.69, 9.17) is 14.6 Å². The first-order chi connectivity index (χ1) is 9.64. The number of nitrogens with one attached hydrogen (secondary N) is 1. The quantitative estimate of drug-likeness (QED) is 0.786. The van der Waals surface area contributed by atoms with E-state index in [0.29, 0.717) is 5.69 Å². The second-order valence-electron chi connectivity index (χ2n) is 5.32. The number of methoxy groups -OCH3 is 1. The standard InChI is InChI=1S/C14H19NO6/c1-14(2,3)21-13(19)15-8-5-6-10(20-4)9(7-8)11(16)12(17)18/h5-7,11,16H,1-4H3,(H,15,19)(H,17,18). The summed E-state index contributed by atoms with van der Waals surface area (Å²) < 4.78 is 10.1. The largest absolute Gasteiger partial charge is 0.496 e. The third-order valence-electron chi connectivity index (χ3n) is 2.40. The molecule has 0 radical (unpaired) electrons. The molecule has 3 N–H and O–H groups in total. The Hall–Kier alpha value is -2.28. The topological polar surface area (TPSA) is 105 Å². The summed E-state index contributed by atoms with van der Waals surface area (Å²) in [6.07, 6.45) is -2.43. The summed E-state index contributed by atoms with van der Waals surface area (Å²) in [5.74, 6) is -1.21. The molecule has 0 aliphatic rings. The molecule has 0 fully saturated rings. The number of aliphatic hydroxyl groups is 1. The van der Waals surface area contributed by atoms with Crippen molar-refractivity contribution in [1.82, 2.24) is 0 Å². The highest BCUT2D eigenvalue weighted by atomic mass is 16.6. The molecule has 7 nitrogen and oxygen atoms in total. The SMILES string of the molecule is COc1ccc(NC(=O)OC(C)(C)C)cc1C(O)C(=O)O. The van der Waals surface area contributed by atoms with Gasteiger partial charge in [0.1, 0.15) is 11.4 Å². The van der Waals surface area contributed by atoms with Crippen LogP contribution in [-0.4, -0.2) is 35.0 Å². The van der Waals surface area contributed by atoms with Crippen LogP contribution in [0.5, 0.6) is 5.75 Å². The van der Waals surface area contributed by atoms with E-state index >= 15 is 0 Å². The number of carbonyl (C=O) groups excluding carboxylic acids is 1. The predicted octanol–water partition coefficient (Wildman–Crippen LogP) is 2.16. The van der Waals surface area contributed by atoms with E-state index in [1.54, 1.807) is 20.8 Å². The van der Waals surface area contributed by atoms with Crippen molar-refractivity contribution in [2.45, 2.75) is 32.5 Å². The number of anilines is 1. The number of carboxylic acids is 1. The summed E-state index contributed by atoms with van der Waals surface area (Å²) in [6.45, 7) is 5.17. The molecule has 0 spiro atoms. The number of aliphatic carboxylic acids is 1. The van der Waals surface area contributed by atoms with Gasteiger partial charge >= 0.3 is 12.1 Å². The van der Waals surface area contributed by atoms with Crippen molar-refractivity contribution in [3.8, 4) is 5.75 Å². The third kappa shape index (κ3) is 4.96. The van der Waals surface area contributed by atoms with Crippen molar-refractivity contribution in [2.75, 3.05) is 12.4 Å². The van der Waals surface area contributed by atoms with E-state index < -0.39 is 23.8 Å². The van der Waals surface area contributed by atoms with Crippen molar-refractivity contribution in [3.05, 3.63) is 23.8 Å². The molecule has 7 heteroatoms. The van der Waals surface area contributed by atoms with Gasteiger partial charge in [0.25, 0.3) is 0 Å². The molecular formula is C14H19NO6. The average Bonchev–Trinajstić information content (AvgIpc) is 2.35. The zero-order chi connectivity index (χ0) is 16.2. The molecule has 1 atom stereocenters. The van der Waals surface area contributed by atoms with Crippen LogP contribution in [0.4, 0.5) is 10.5 Å². The molecule has 21 heavy (non-hydrogen) atoms. The molecule has 1 rings (SSSR count). The molecule has 1 aromatic carbocycles. The van der Waals surface area contributed by atoms with Crippen LogP contribution in [0, 0.1) is 0 Å². The zero-order valence-electron chi connectivity index (χ0n) is 12.3. The second kappa shape index (κ2) is 6.45. The monoisotopic (exact) mass is 297 g/mol.